The third kappa shape index (κ3) is 6.66. The zero-order valence-electron chi connectivity index (χ0n) is 28.0. The molecule has 274 valence electrons. The predicted molar refractivity (Wildman–Crippen MR) is 191 cm³/mol. The summed E-state index contributed by atoms with van der Waals surface area (Å²) in [6.45, 7) is 0. The van der Waals surface area contributed by atoms with Gasteiger partial charge in [0.25, 0.3) is 0 Å². The Bertz CT molecular complexity index is 2660. The van der Waals surface area contributed by atoms with E-state index in [1.54, 1.807) is 84.9 Å². The van der Waals surface area contributed by atoms with Crippen LogP contribution >= 0.6 is 0 Å². The lowest BCUT2D eigenvalue weighted by Gasteiger charge is -2.20. The standard InChI is InChI=1S/C42H23F9N4/c43-40(44,45)26-15-18-29(34(21-26)42(49,50)51)33-23-28(55-35-14-8-7-13-30(35)31-19-16-27(22-36(31)55)41(46,47)48)17-20-32(33)39-53-37(24-9-3-1-4-10-24)52-38(54-39)25-11-5-2-6-12-25/h1-23H. The molecular weight excluding hydrogens is 731 g/mol. The van der Waals surface area contributed by atoms with Crippen LogP contribution in [0.5, 0.6) is 0 Å². The summed E-state index contributed by atoms with van der Waals surface area (Å²) in [7, 11) is 0. The van der Waals surface area contributed by atoms with Gasteiger partial charge in [0, 0.05) is 33.2 Å². The topological polar surface area (TPSA) is 43.6 Å². The van der Waals surface area contributed by atoms with E-state index in [1.165, 1.54) is 28.8 Å². The Morgan fingerprint density at radius 3 is 1.49 bits per heavy atom. The average Bonchev–Trinajstić information content (AvgIpc) is 3.51. The minimum absolute atomic E-state index is 0.00233. The second kappa shape index (κ2) is 13.1. The number of halogens is 9. The molecule has 0 saturated carbocycles. The van der Waals surface area contributed by atoms with E-state index in [4.69, 9.17) is 0 Å². The van der Waals surface area contributed by atoms with Gasteiger partial charge < -0.3 is 4.57 Å². The maximum Gasteiger partial charge on any atom is 0.417 e. The van der Waals surface area contributed by atoms with Gasteiger partial charge in [-0.2, -0.15) is 39.5 Å². The highest BCUT2D eigenvalue weighted by atomic mass is 19.4. The van der Waals surface area contributed by atoms with Crippen molar-refractivity contribution in [1.82, 2.24) is 19.5 Å². The fourth-order valence-corrected chi connectivity index (χ4v) is 6.63. The van der Waals surface area contributed by atoms with Crippen LogP contribution in [0.1, 0.15) is 16.7 Å². The Morgan fingerprint density at radius 2 is 0.891 bits per heavy atom. The highest BCUT2D eigenvalue weighted by Gasteiger charge is 2.39. The van der Waals surface area contributed by atoms with E-state index in [2.05, 4.69) is 15.0 Å². The summed E-state index contributed by atoms with van der Waals surface area (Å²) < 4.78 is 129. The molecule has 55 heavy (non-hydrogen) atoms. The minimum atomic E-state index is -5.26. The molecule has 0 radical (unpaired) electrons. The molecular formula is C42H23F9N4. The molecule has 0 spiro atoms. The summed E-state index contributed by atoms with van der Waals surface area (Å²) in [5.74, 6) is 0.249. The van der Waals surface area contributed by atoms with E-state index in [0.717, 1.165) is 18.2 Å². The molecule has 4 nitrogen and oxygen atoms in total. The van der Waals surface area contributed by atoms with Gasteiger partial charge in [-0.05, 0) is 59.7 Å². The van der Waals surface area contributed by atoms with Crippen molar-refractivity contribution in [3.63, 3.8) is 0 Å². The van der Waals surface area contributed by atoms with Crippen LogP contribution in [0.25, 0.3) is 72.8 Å². The quantitative estimate of drug-likeness (QED) is 0.164. The molecule has 0 N–H and O–H groups in total. The zero-order valence-corrected chi connectivity index (χ0v) is 28.0. The van der Waals surface area contributed by atoms with Gasteiger partial charge in [0.05, 0.1) is 27.7 Å². The lowest BCUT2D eigenvalue weighted by molar-refractivity contribution is -0.143. The summed E-state index contributed by atoms with van der Waals surface area (Å²) in [6, 6.07) is 32.9. The van der Waals surface area contributed by atoms with Crippen molar-refractivity contribution in [3.05, 3.63) is 156 Å². The van der Waals surface area contributed by atoms with Crippen LogP contribution in [-0.4, -0.2) is 19.5 Å². The number of hydrogen-bond donors (Lipinski definition) is 0. The smallest absolute Gasteiger partial charge is 0.309 e. The van der Waals surface area contributed by atoms with E-state index < -0.39 is 40.8 Å². The molecule has 8 aromatic rings. The molecule has 2 aromatic heterocycles. The van der Waals surface area contributed by atoms with Crippen LogP contribution in [0.3, 0.4) is 0 Å². The number of fused-ring (bicyclic) bond motifs is 3. The molecule has 13 heteroatoms. The van der Waals surface area contributed by atoms with E-state index in [1.807, 2.05) is 0 Å². The predicted octanol–water partition coefficient (Wildman–Crippen LogP) is 12.7. The average molecular weight is 755 g/mol. The van der Waals surface area contributed by atoms with Crippen LogP contribution in [-0.2, 0) is 18.5 Å². The summed E-state index contributed by atoms with van der Waals surface area (Å²) >= 11 is 0. The van der Waals surface area contributed by atoms with Gasteiger partial charge in [-0.1, -0.05) is 91.0 Å². The zero-order chi connectivity index (χ0) is 38.7. The summed E-state index contributed by atoms with van der Waals surface area (Å²) in [6.07, 6.45) is -15.1. The van der Waals surface area contributed by atoms with Crippen LogP contribution in [0.2, 0.25) is 0 Å². The molecule has 0 fully saturated rings. The first-order valence-electron chi connectivity index (χ1n) is 16.6. The Morgan fingerprint density at radius 1 is 0.382 bits per heavy atom. The fourth-order valence-electron chi connectivity index (χ4n) is 6.63. The van der Waals surface area contributed by atoms with Crippen molar-refractivity contribution in [2.45, 2.75) is 18.5 Å². The number of nitrogens with zero attached hydrogens (tertiary/aromatic N) is 4. The number of para-hydroxylation sites is 1. The van der Waals surface area contributed by atoms with Gasteiger partial charge >= 0.3 is 18.5 Å². The minimum Gasteiger partial charge on any atom is -0.309 e. The lowest BCUT2D eigenvalue weighted by Crippen LogP contribution is -2.12. The summed E-state index contributed by atoms with van der Waals surface area (Å²) in [4.78, 5) is 13.9. The van der Waals surface area contributed by atoms with Gasteiger partial charge in [-0.25, -0.2) is 15.0 Å². The molecule has 0 aliphatic rings. The lowest BCUT2D eigenvalue weighted by atomic mass is 9.92. The van der Waals surface area contributed by atoms with Gasteiger partial charge in [0.15, 0.2) is 17.5 Å². The number of rotatable bonds is 5. The molecule has 0 aliphatic heterocycles. The van der Waals surface area contributed by atoms with Crippen LogP contribution in [0.4, 0.5) is 39.5 Å². The first-order chi connectivity index (χ1) is 26.2. The molecule has 0 unspecified atom stereocenters. The fraction of sp³-hybridized carbons (Fsp3) is 0.0714. The van der Waals surface area contributed by atoms with Crippen molar-refractivity contribution in [2.75, 3.05) is 0 Å². The van der Waals surface area contributed by atoms with E-state index >= 15 is 0 Å². The molecule has 2 heterocycles. The Hall–Kier alpha value is -6.50. The SMILES string of the molecule is FC(F)(F)c1ccc(-c2cc(-n3c4ccccc4c4ccc(C(F)(F)F)cc43)ccc2-c2nc(-c3ccccc3)nc(-c3ccccc3)n2)c(C(F)(F)F)c1. The second-order valence-corrected chi connectivity index (χ2v) is 12.6. The summed E-state index contributed by atoms with van der Waals surface area (Å²) in [5.41, 5.74) is -3.10. The Balaban J connectivity index is 1.46. The molecule has 8 rings (SSSR count). The van der Waals surface area contributed by atoms with E-state index in [9.17, 15) is 39.5 Å². The second-order valence-electron chi connectivity index (χ2n) is 12.6. The summed E-state index contributed by atoms with van der Waals surface area (Å²) in [5, 5.41) is 1.01. The maximum atomic E-state index is 14.8. The van der Waals surface area contributed by atoms with Crippen molar-refractivity contribution >= 4 is 21.8 Å². The normalized spacial score (nSPS) is 12.5. The van der Waals surface area contributed by atoms with Crippen molar-refractivity contribution in [2.24, 2.45) is 0 Å². The maximum absolute atomic E-state index is 14.8. The van der Waals surface area contributed by atoms with Gasteiger partial charge in [-0.15, -0.1) is 0 Å². The Labute approximate surface area is 306 Å². The van der Waals surface area contributed by atoms with Gasteiger partial charge in [-0.3, -0.25) is 0 Å². The molecule has 0 aliphatic carbocycles. The molecule has 0 bridgehead atoms. The molecule has 0 atom stereocenters. The van der Waals surface area contributed by atoms with Gasteiger partial charge in [0.2, 0.25) is 0 Å². The first kappa shape index (κ1) is 35.5. The van der Waals surface area contributed by atoms with E-state index in [-0.39, 0.29) is 45.9 Å². The molecule has 0 amide bonds. The largest absolute Gasteiger partial charge is 0.417 e. The highest BCUT2D eigenvalue weighted by Crippen LogP contribution is 2.45. The van der Waals surface area contributed by atoms with Crippen molar-refractivity contribution in [3.8, 4) is 51.0 Å². The van der Waals surface area contributed by atoms with Crippen LogP contribution < -0.4 is 0 Å². The highest BCUT2D eigenvalue weighted by molar-refractivity contribution is 6.09. The van der Waals surface area contributed by atoms with Crippen LogP contribution in [0, 0.1) is 0 Å². The van der Waals surface area contributed by atoms with Crippen LogP contribution in [0.15, 0.2) is 140 Å². The first-order valence-corrected chi connectivity index (χ1v) is 16.6. The molecule has 0 saturated heterocycles. The molecule has 6 aromatic carbocycles. The number of hydrogen-bond acceptors (Lipinski definition) is 3. The number of aromatic nitrogens is 4. The van der Waals surface area contributed by atoms with Crippen molar-refractivity contribution < 1.29 is 39.5 Å². The third-order valence-electron chi connectivity index (χ3n) is 9.15. The van der Waals surface area contributed by atoms with Gasteiger partial charge in [0.1, 0.15) is 0 Å². The third-order valence-corrected chi connectivity index (χ3v) is 9.15. The van der Waals surface area contributed by atoms with E-state index in [0.29, 0.717) is 33.5 Å². The monoisotopic (exact) mass is 754 g/mol. The van der Waals surface area contributed by atoms with Crippen molar-refractivity contribution in [1.29, 1.82) is 0 Å². The Kier molecular flexibility index (Phi) is 8.47. The number of alkyl halides is 9. The number of benzene rings is 6.